The second-order valence-electron chi connectivity index (χ2n) is 6.41. The zero-order chi connectivity index (χ0) is 23.6. The van der Waals surface area contributed by atoms with Gasteiger partial charge in [0.1, 0.15) is 12.3 Å². The molecular formula is C20H13Br2F3N2O4S. The number of halogens is 5. The summed E-state index contributed by atoms with van der Waals surface area (Å²) in [7, 11) is 1.50. The summed E-state index contributed by atoms with van der Waals surface area (Å²) in [5, 5.41) is 1.61. The van der Waals surface area contributed by atoms with Crippen molar-refractivity contribution in [2.24, 2.45) is 0 Å². The van der Waals surface area contributed by atoms with Crippen molar-refractivity contribution in [3.63, 3.8) is 0 Å². The van der Waals surface area contributed by atoms with Crippen LogP contribution in [-0.2, 0) is 15.8 Å². The van der Waals surface area contributed by atoms with Crippen molar-refractivity contribution in [2.45, 2.75) is 6.18 Å². The molecule has 168 valence electrons. The number of thioether (sulfide) groups is 1. The second-order valence-corrected chi connectivity index (χ2v) is 9.11. The van der Waals surface area contributed by atoms with E-state index in [1.165, 1.54) is 19.3 Å². The first-order valence-corrected chi connectivity index (χ1v) is 11.2. The van der Waals surface area contributed by atoms with Crippen LogP contribution in [0.2, 0.25) is 0 Å². The van der Waals surface area contributed by atoms with Crippen molar-refractivity contribution in [3.8, 4) is 5.75 Å². The van der Waals surface area contributed by atoms with Crippen molar-refractivity contribution in [3.05, 3.63) is 61.4 Å². The maximum atomic E-state index is 12.8. The van der Waals surface area contributed by atoms with E-state index in [1.807, 2.05) is 0 Å². The molecule has 1 N–H and O–H groups in total. The van der Waals surface area contributed by atoms with Gasteiger partial charge in [-0.25, -0.2) is 0 Å². The number of nitrogens with zero attached hydrogens (tertiary/aromatic N) is 1. The SMILES string of the molecule is COc1c(Br)cc(/C=C2\SC(=O)N(CC(=O)Nc3cccc(C(F)(F)F)c3)C2=O)cc1Br. The average molecular weight is 594 g/mol. The Hall–Kier alpha value is -2.31. The lowest BCUT2D eigenvalue weighted by atomic mass is 10.2. The molecule has 0 saturated carbocycles. The van der Waals surface area contributed by atoms with Crippen molar-refractivity contribution < 1.29 is 32.3 Å². The number of ether oxygens (including phenoxy) is 1. The number of carbonyl (C=O) groups excluding carboxylic acids is 3. The molecule has 0 spiro atoms. The number of imide groups is 1. The van der Waals surface area contributed by atoms with Gasteiger partial charge in [0.2, 0.25) is 5.91 Å². The predicted octanol–water partition coefficient (Wildman–Crippen LogP) is 5.91. The average Bonchev–Trinajstić information content (AvgIpc) is 2.94. The normalized spacial score (nSPS) is 15.4. The number of alkyl halides is 3. The number of amides is 3. The highest BCUT2D eigenvalue weighted by atomic mass is 79.9. The van der Waals surface area contributed by atoms with Crippen molar-refractivity contribution in [1.29, 1.82) is 0 Å². The molecule has 2 aromatic carbocycles. The van der Waals surface area contributed by atoms with Crippen molar-refractivity contribution in [1.82, 2.24) is 4.90 Å². The summed E-state index contributed by atoms with van der Waals surface area (Å²) in [4.78, 5) is 38.0. The van der Waals surface area contributed by atoms with Crippen LogP contribution in [0.15, 0.2) is 50.2 Å². The minimum absolute atomic E-state index is 0.0970. The van der Waals surface area contributed by atoms with Gasteiger partial charge >= 0.3 is 6.18 Å². The number of hydrogen-bond acceptors (Lipinski definition) is 5. The number of methoxy groups -OCH3 is 1. The molecule has 0 unspecified atom stereocenters. The Morgan fingerprint density at radius 2 is 1.84 bits per heavy atom. The van der Waals surface area contributed by atoms with Gasteiger partial charge in [0, 0.05) is 5.69 Å². The third-order valence-corrected chi connectivity index (χ3v) is 6.26. The molecule has 0 atom stereocenters. The lowest BCUT2D eigenvalue weighted by Crippen LogP contribution is -2.36. The standard InChI is InChI=1S/C20H13Br2F3N2O4S/c1-31-17-13(21)5-10(6-14(17)22)7-15-18(29)27(19(30)32-15)9-16(28)26-12-4-2-3-11(8-12)20(23,24)25/h2-8H,9H2,1H3,(H,26,28)/b15-7-. The lowest BCUT2D eigenvalue weighted by molar-refractivity contribution is -0.137. The van der Waals surface area contributed by atoms with Gasteiger partial charge in [-0.05, 0) is 85.6 Å². The van der Waals surface area contributed by atoms with E-state index in [2.05, 4.69) is 37.2 Å². The number of anilines is 1. The van der Waals surface area contributed by atoms with Gasteiger partial charge in [0.15, 0.2) is 0 Å². The van der Waals surface area contributed by atoms with Gasteiger partial charge in [-0.1, -0.05) is 6.07 Å². The second kappa shape index (κ2) is 9.67. The third-order valence-electron chi connectivity index (χ3n) is 4.17. The zero-order valence-corrected chi connectivity index (χ0v) is 20.1. The first-order chi connectivity index (χ1) is 15.0. The molecule has 1 aliphatic rings. The van der Waals surface area contributed by atoms with Crippen LogP contribution < -0.4 is 10.1 Å². The minimum Gasteiger partial charge on any atom is -0.494 e. The van der Waals surface area contributed by atoms with E-state index in [0.29, 0.717) is 32.0 Å². The maximum Gasteiger partial charge on any atom is 0.416 e. The van der Waals surface area contributed by atoms with E-state index < -0.39 is 35.3 Å². The predicted molar refractivity (Wildman–Crippen MR) is 121 cm³/mol. The van der Waals surface area contributed by atoms with Crippen LogP contribution in [0.4, 0.5) is 23.7 Å². The topological polar surface area (TPSA) is 75.7 Å². The van der Waals surface area contributed by atoms with E-state index in [0.717, 1.165) is 23.1 Å². The van der Waals surface area contributed by atoms with Crippen LogP contribution in [0.3, 0.4) is 0 Å². The molecule has 0 bridgehead atoms. The Labute approximate surface area is 201 Å². The number of nitrogens with one attached hydrogen (secondary N) is 1. The van der Waals surface area contributed by atoms with Gasteiger partial charge in [-0.15, -0.1) is 0 Å². The summed E-state index contributed by atoms with van der Waals surface area (Å²) in [6, 6.07) is 7.44. The van der Waals surface area contributed by atoms with Gasteiger partial charge in [0.25, 0.3) is 11.1 Å². The van der Waals surface area contributed by atoms with Crippen molar-refractivity contribution >= 4 is 72.4 Å². The van der Waals surface area contributed by atoms with Crippen LogP contribution >= 0.6 is 43.6 Å². The van der Waals surface area contributed by atoms with Gasteiger partial charge in [-0.2, -0.15) is 13.2 Å². The molecule has 0 aromatic heterocycles. The summed E-state index contributed by atoms with van der Waals surface area (Å²) in [6.07, 6.45) is -3.08. The zero-order valence-electron chi connectivity index (χ0n) is 16.1. The molecule has 32 heavy (non-hydrogen) atoms. The van der Waals surface area contributed by atoms with Gasteiger partial charge in [-0.3, -0.25) is 19.3 Å². The van der Waals surface area contributed by atoms with E-state index in [4.69, 9.17) is 4.74 Å². The summed E-state index contributed by atoms with van der Waals surface area (Å²) in [6.45, 7) is -0.631. The highest BCUT2D eigenvalue weighted by Crippen LogP contribution is 2.37. The Morgan fingerprint density at radius 3 is 2.44 bits per heavy atom. The Morgan fingerprint density at radius 1 is 1.19 bits per heavy atom. The third kappa shape index (κ3) is 5.54. The largest absolute Gasteiger partial charge is 0.494 e. The summed E-state index contributed by atoms with van der Waals surface area (Å²) < 4.78 is 44.9. The molecule has 3 rings (SSSR count). The van der Waals surface area contributed by atoms with Crippen LogP contribution in [-0.4, -0.2) is 35.6 Å². The molecule has 1 heterocycles. The quantitative estimate of drug-likeness (QED) is 0.436. The fraction of sp³-hybridized carbons (Fsp3) is 0.150. The Bertz CT molecular complexity index is 1120. The fourth-order valence-electron chi connectivity index (χ4n) is 2.76. The van der Waals surface area contributed by atoms with Crippen molar-refractivity contribution in [2.75, 3.05) is 19.0 Å². The number of rotatable bonds is 5. The smallest absolute Gasteiger partial charge is 0.416 e. The molecule has 1 fully saturated rings. The molecule has 3 amide bonds. The van der Waals surface area contributed by atoms with Crippen LogP contribution in [0.25, 0.3) is 6.08 Å². The van der Waals surface area contributed by atoms with E-state index in [9.17, 15) is 27.6 Å². The summed E-state index contributed by atoms with van der Waals surface area (Å²) in [5.74, 6) is -0.924. The molecule has 0 radical (unpaired) electrons. The first kappa shape index (κ1) is 24.3. The van der Waals surface area contributed by atoms with Crippen LogP contribution in [0, 0.1) is 0 Å². The summed E-state index contributed by atoms with van der Waals surface area (Å²) >= 11 is 7.36. The van der Waals surface area contributed by atoms with Gasteiger partial charge < -0.3 is 10.1 Å². The monoisotopic (exact) mass is 592 g/mol. The molecular weight excluding hydrogens is 581 g/mol. The van der Waals surface area contributed by atoms with Crippen LogP contribution in [0.5, 0.6) is 5.75 Å². The lowest BCUT2D eigenvalue weighted by Gasteiger charge is -2.13. The molecule has 1 aliphatic heterocycles. The molecule has 1 saturated heterocycles. The number of benzene rings is 2. The van der Waals surface area contributed by atoms with Crippen LogP contribution in [0.1, 0.15) is 11.1 Å². The first-order valence-electron chi connectivity index (χ1n) is 8.75. The van der Waals surface area contributed by atoms with E-state index in [1.54, 1.807) is 12.1 Å². The molecule has 2 aromatic rings. The Balaban J connectivity index is 1.73. The van der Waals surface area contributed by atoms with Gasteiger partial charge in [0.05, 0.1) is 26.5 Å². The van der Waals surface area contributed by atoms with E-state index in [-0.39, 0.29) is 10.6 Å². The Kier molecular flexibility index (Phi) is 7.36. The molecule has 12 heteroatoms. The highest BCUT2D eigenvalue weighted by molar-refractivity contribution is 9.11. The molecule has 0 aliphatic carbocycles. The fourth-order valence-corrected chi connectivity index (χ4v) is 5.15. The van der Waals surface area contributed by atoms with E-state index >= 15 is 0 Å². The summed E-state index contributed by atoms with van der Waals surface area (Å²) in [5.41, 5.74) is -0.426. The maximum absolute atomic E-state index is 12.8. The minimum atomic E-state index is -4.57. The highest BCUT2D eigenvalue weighted by Gasteiger charge is 2.36. The number of hydrogen-bond donors (Lipinski definition) is 1. The number of carbonyl (C=O) groups is 3. The molecule has 6 nitrogen and oxygen atoms in total.